The highest BCUT2D eigenvalue weighted by Gasteiger charge is 2.12. The molecule has 0 saturated heterocycles. The van der Waals surface area contributed by atoms with Crippen LogP contribution in [0.25, 0.3) is 0 Å². The fourth-order valence-corrected chi connectivity index (χ4v) is 1.83. The van der Waals surface area contributed by atoms with Crippen LogP contribution < -0.4 is 15.2 Å². The average Bonchev–Trinajstić information content (AvgIpc) is 2.91. The van der Waals surface area contributed by atoms with E-state index in [4.69, 9.17) is 15.2 Å². The first-order valence-electron chi connectivity index (χ1n) is 6.27. The summed E-state index contributed by atoms with van der Waals surface area (Å²) in [6.45, 7) is -0.115. The summed E-state index contributed by atoms with van der Waals surface area (Å²) in [6, 6.07) is 6.27. The van der Waals surface area contributed by atoms with Crippen LogP contribution >= 0.6 is 0 Å². The second-order valence-electron chi connectivity index (χ2n) is 4.51. The Morgan fingerprint density at radius 1 is 1.19 bits per heavy atom. The van der Waals surface area contributed by atoms with Crippen LogP contribution in [0.2, 0.25) is 0 Å². The predicted molar refractivity (Wildman–Crippen MR) is 76.8 cm³/mol. The van der Waals surface area contributed by atoms with Crippen LogP contribution in [0.3, 0.4) is 0 Å². The van der Waals surface area contributed by atoms with Gasteiger partial charge in [0, 0.05) is 30.6 Å². The van der Waals surface area contributed by atoms with E-state index in [1.54, 1.807) is 29.1 Å². The second-order valence-corrected chi connectivity index (χ2v) is 4.51. The maximum absolute atomic E-state index is 12.0. The Balaban J connectivity index is 2.09. The van der Waals surface area contributed by atoms with E-state index >= 15 is 0 Å². The molecule has 0 unspecified atom stereocenters. The summed E-state index contributed by atoms with van der Waals surface area (Å²) in [7, 11) is 3.29. The SMILES string of the molecule is COc1cc(C(N)=O)ccc1OCC(=O)c1ccn(C)c1. The van der Waals surface area contributed by atoms with Crippen LogP contribution in [0.5, 0.6) is 11.5 Å². The smallest absolute Gasteiger partial charge is 0.248 e. The van der Waals surface area contributed by atoms with E-state index in [1.165, 1.54) is 19.2 Å². The van der Waals surface area contributed by atoms with Crippen LogP contribution in [-0.4, -0.2) is 30.0 Å². The number of carbonyl (C=O) groups excluding carboxylic acids is 2. The molecule has 1 aromatic heterocycles. The average molecular weight is 288 g/mol. The number of aryl methyl sites for hydroxylation is 1. The maximum atomic E-state index is 12.0. The van der Waals surface area contributed by atoms with Gasteiger partial charge in [-0.3, -0.25) is 9.59 Å². The van der Waals surface area contributed by atoms with E-state index in [0.29, 0.717) is 22.6 Å². The summed E-state index contributed by atoms with van der Waals surface area (Å²) in [5.74, 6) is 0.0378. The number of amides is 1. The molecule has 0 radical (unpaired) electrons. The Hall–Kier alpha value is -2.76. The number of carbonyl (C=O) groups is 2. The number of methoxy groups -OCH3 is 1. The van der Waals surface area contributed by atoms with Crippen molar-refractivity contribution in [2.45, 2.75) is 0 Å². The van der Waals surface area contributed by atoms with E-state index in [2.05, 4.69) is 0 Å². The fourth-order valence-electron chi connectivity index (χ4n) is 1.83. The molecule has 0 aliphatic heterocycles. The third-order valence-corrected chi connectivity index (χ3v) is 2.96. The molecule has 6 nitrogen and oxygen atoms in total. The number of hydrogen-bond donors (Lipinski definition) is 1. The number of Topliss-reactive ketones (excluding diaryl/α,β-unsaturated/α-hetero) is 1. The molecule has 6 heteroatoms. The van der Waals surface area contributed by atoms with Crippen molar-refractivity contribution in [2.75, 3.05) is 13.7 Å². The summed E-state index contributed by atoms with van der Waals surface area (Å²) >= 11 is 0. The lowest BCUT2D eigenvalue weighted by molar-refractivity contribution is 0.0918. The quantitative estimate of drug-likeness (QED) is 0.814. The number of rotatable bonds is 6. The van der Waals surface area contributed by atoms with Gasteiger partial charge < -0.3 is 19.8 Å². The highest BCUT2D eigenvalue weighted by atomic mass is 16.5. The van der Waals surface area contributed by atoms with Gasteiger partial charge in [0.15, 0.2) is 18.1 Å². The van der Waals surface area contributed by atoms with E-state index in [9.17, 15) is 9.59 Å². The van der Waals surface area contributed by atoms with E-state index in [0.717, 1.165) is 0 Å². The lowest BCUT2D eigenvalue weighted by Gasteiger charge is -2.10. The highest BCUT2D eigenvalue weighted by molar-refractivity contribution is 5.97. The van der Waals surface area contributed by atoms with Crippen molar-refractivity contribution < 1.29 is 19.1 Å². The minimum atomic E-state index is -0.555. The molecule has 2 aromatic rings. The maximum Gasteiger partial charge on any atom is 0.248 e. The van der Waals surface area contributed by atoms with Gasteiger partial charge in [-0.1, -0.05) is 0 Å². The molecule has 2 rings (SSSR count). The fraction of sp³-hybridized carbons (Fsp3) is 0.200. The second kappa shape index (κ2) is 6.13. The number of aromatic nitrogens is 1. The van der Waals surface area contributed by atoms with Crippen LogP contribution in [0.4, 0.5) is 0 Å². The third-order valence-electron chi connectivity index (χ3n) is 2.96. The zero-order valence-electron chi connectivity index (χ0n) is 11.8. The van der Waals surface area contributed by atoms with Crippen LogP contribution in [0.15, 0.2) is 36.7 Å². The Morgan fingerprint density at radius 3 is 2.52 bits per heavy atom. The van der Waals surface area contributed by atoms with E-state index in [1.807, 2.05) is 7.05 Å². The number of nitrogens with two attached hydrogens (primary N) is 1. The van der Waals surface area contributed by atoms with Gasteiger partial charge in [-0.2, -0.15) is 0 Å². The lowest BCUT2D eigenvalue weighted by atomic mass is 10.2. The van der Waals surface area contributed by atoms with E-state index < -0.39 is 5.91 Å². The summed E-state index contributed by atoms with van der Waals surface area (Å²) in [5.41, 5.74) is 6.08. The van der Waals surface area contributed by atoms with Gasteiger partial charge in [0.2, 0.25) is 11.7 Å². The molecule has 0 atom stereocenters. The van der Waals surface area contributed by atoms with Gasteiger partial charge in [0.05, 0.1) is 7.11 Å². The normalized spacial score (nSPS) is 10.2. The van der Waals surface area contributed by atoms with E-state index in [-0.39, 0.29) is 12.4 Å². The molecule has 1 amide bonds. The summed E-state index contributed by atoms with van der Waals surface area (Å²) in [5, 5.41) is 0. The monoisotopic (exact) mass is 288 g/mol. The number of ketones is 1. The van der Waals surface area contributed by atoms with Crippen LogP contribution in [-0.2, 0) is 7.05 Å². The summed E-state index contributed by atoms with van der Waals surface area (Å²) in [4.78, 5) is 23.1. The highest BCUT2D eigenvalue weighted by Crippen LogP contribution is 2.28. The first-order chi connectivity index (χ1) is 10.0. The molecule has 0 bridgehead atoms. The van der Waals surface area contributed by atoms with Gasteiger partial charge in [-0.15, -0.1) is 0 Å². The van der Waals surface area contributed by atoms with Crippen molar-refractivity contribution in [3.8, 4) is 11.5 Å². The van der Waals surface area contributed by atoms with Crippen molar-refractivity contribution in [3.63, 3.8) is 0 Å². The molecule has 1 heterocycles. The van der Waals surface area contributed by atoms with Crippen LogP contribution in [0, 0.1) is 0 Å². The molecular formula is C15H16N2O4. The number of benzene rings is 1. The zero-order chi connectivity index (χ0) is 15.4. The minimum absolute atomic E-state index is 0.115. The van der Waals surface area contributed by atoms with Gasteiger partial charge in [0.1, 0.15) is 0 Å². The molecule has 110 valence electrons. The number of hydrogen-bond acceptors (Lipinski definition) is 4. The predicted octanol–water partition coefficient (Wildman–Crippen LogP) is 1.39. The topological polar surface area (TPSA) is 83.6 Å². The molecule has 2 N–H and O–H groups in total. The third kappa shape index (κ3) is 3.42. The largest absolute Gasteiger partial charge is 0.493 e. The van der Waals surface area contributed by atoms with Crippen molar-refractivity contribution in [1.82, 2.24) is 4.57 Å². The van der Waals surface area contributed by atoms with Crippen molar-refractivity contribution in [2.24, 2.45) is 12.8 Å². The molecule has 0 aliphatic rings. The number of ether oxygens (including phenoxy) is 2. The molecule has 0 fully saturated rings. The lowest BCUT2D eigenvalue weighted by Crippen LogP contribution is -2.13. The first-order valence-corrected chi connectivity index (χ1v) is 6.27. The summed E-state index contributed by atoms with van der Waals surface area (Å²) in [6.07, 6.45) is 3.51. The first kappa shape index (κ1) is 14.6. The Bertz CT molecular complexity index is 676. The Morgan fingerprint density at radius 2 is 1.95 bits per heavy atom. The minimum Gasteiger partial charge on any atom is -0.493 e. The number of nitrogens with zero attached hydrogens (tertiary/aromatic N) is 1. The molecule has 0 aliphatic carbocycles. The van der Waals surface area contributed by atoms with Crippen molar-refractivity contribution >= 4 is 11.7 Å². The zero-order valence-corrected chi connectivity index (χ0v) is 11.8. The summed E-state index contributed by atoms with van der Waals surface area (Å²) < 4.78 is 12.4. The molecule has 21 heavy (non-hydrogen) atoms. The van der Waals surface area contributed by atoms with Gasteiger partial charge in [-0.05, 0) is 24.3 Å². The van der Waals surface area contributed by atoms with Crippen molar-refractivity contribution in [1.29, 1.82) is 0 Å². The van der Waals surface area contributed by atoms with Gasteiger partial charge in [0.25, 0.3) is 0 Å². The molecule has 0 spiro atoms. The molecule has 0 saturated carbocycles. The standard InChI is InChI=1S/C15H16N2O4/c1-17-6-5-11(8-17)12(18)9-21-13-4-3-10(15(16)19)7-14(13)20-2/h3-8H,9H2,1-2H3,(H2,16,19). The number of primary amides is 1. The van der Waals surface area contributed by atoms with Gasteiger partial charge in [-0.25, -0.2) is 0 Å². The van der Waals surface area contributed by atoms with Crippen molar-refractivity contribution in [3.05, 3.63) is 47.8 Å². The Labute approximate surface area is 122 Å². The Kier molecular flexibility index (Phi) is 4.27. The van der Waals surface area contributed by atoms with Gasteiger partial charge >= 0.3 is 0 Å². The molecule has 1 aromatic carbocycles. The molecular weight excluding hydrogens is 272 g/mol. The van der Waals surface area contributed by atoms with Crippen LogP contribution in [0.1, 0.15) is 20.7 Å².